The first-order valence-electron chi connectivity index (χ1n) is 6.45. The van der Waals surface area contributed by atoms with Gasteiger partial charge in [0.1, 0.15) is 6.54 Å². The average Bonchev–Trinajstić information content (AvgIpc) is 2.95. The topological polar surface area (TPSA) is 92.9 Å². The van der Waals surface area contributed by atoms with Crippen molar-refractivity contribution in [2.45, 2.75) is 37.8 Å². The SMILES string of the molecule is NC1COCC1C(=O)N(CC(=O)O)C1CCCC1. The summed E-state index contributed by atoms with van der Waals surface area (Å²) in [5, 5.41) is 8.95. The highest BCUT2D eigenvalue weighted by Gasteiger charge is 2.38. The molecule has 1 heterocycles. The van der Waals surface area contributed by atoms with Crippen LogP contribution in [0.5, 0.6) is 0 Å². The van der Waals surface area contributed by atoms with Crippen molar-refractivity contribution in [3.8, 4) is 0 Å². The number of carboxylic acids is 1. The van der Waals surface area contributed by atoms with Gasteiger partial charge in [0.2, 0.25) is 5.91 Å². The summed E-state index contributed by atoms with van der Waals surface area (Å²) < 4.78 is 5.19. The van der Waals surface area contributed by atoms with Crippen LogP contribution < -0.4 is 5.73 Å². The van der Waals surface area contributed by atoms with Crippen LogP contribution >= 0.6 is 0 Å². The molecule has 2 rings (SSSR count). The maximum Gasteiger partial charge on any atom is 0.323 e. The van der Waals surface area contributed by atoms with Gasteiger partial charge in [-0.25, -0.2) is 0 Å². The largest absolute Gasteiger partial charge is 0.480 e. The van der Waals surface area contributed by atoms with Gasteiger partial charge in [0.15, 0.2) is 0 Å². The summed E-state index contributed by atoms with van der Waals surface area (Å²) in [5.74, 6) is -1.51. The standard InChI is InChI=1S/C12H20N2O4/c13-10-7-18-6-9(10)12(17)14(5-11(15)16)8-3-1-2-4-8/h8-10H,1-7,13H2,(H,15,16). The molecule has 6 heteroatoms. The van der Waals surface area contributed by atoms with Crippen molar-refractivity contribution in [1.29, 1.82) is 0 Å². The van der Waals surface area contributed by atoms with E-state index in [0.29, 0.717) is 13.2 Å². The number of hydrogen-bond donors (Lipinski definition) is 2. The maximum atomic E-state index is 12.4. The lowest BCUT2D eigenvalue weighted by atomic mass is 10.0. The van der Waals surface area contributed by atoms with E-state index in [1.165, 1.54) is 4.90 Å². The highest BCUT2D eigenvalue weighted by atomic mass is 16.5. The van der Waals surface area contributed by atoms with E-state index in [-0.39, 0.29) is 30.5 Å². The second-order valence-electron chi connectivity index (χ2n) is 5.11. The Labute approximate surface area is 106 Å². The van der Waals surface area contributed by atoms with Gasteiger partial charge in [-0.05, 0) is 12.8 Å². The van der Waals surface area contributed by atoms with Crippen LogP contribution in [0.3, 0.4) is 0 Å². The van der Waals surface area contributed by atoms with E-state index in [1.54, 1.807) is 0 Å². The molecule has 3 N–H and O–H groups in total. The highest BCUT2D eigenvalue weighted by molar-refractivity contribution is 5.84. The van der Waals surface area contributed by atoms with Crippen molar-refractivity contribution in [2.75, 3.05) is 19.8 Å². The minimum absolute atomic E-state index is 0.0569. The lowest BCUT2D eigenvalue weighted by molar-refractivity contribution is -0.148. The van der Waals surface area contributed by atoms with Gasteiger partial charge >= 0.3 is 5.97 Å². The Bertz CT molecular complexity index is 328. The van der Waals surface area contributed by atoms with Crippen molar-refractivity contribution in [3.63, 3.8) is 0 Å². The Morgan fingerprint density at radius 1 is 1.28 bits per heavy atom. The van der Waals surface area contributed by atoms with E-state index in [9.17, 15) is 9.59 Å². The van der Waals surface area contributed by atoms with E-state index >= 15 is 0 Å². The average molecular weight is 256 g/mol. The predicted molar refractivity (Wildman–Crippen MR) is 63.9 cm³/mol. The summed E-state index contributed by atoms with van der Waals surface area (Å²) >= 11 is 0. The zero-order chi connectivity index (χ0) is 13.1. The molecule has 0 spiro atoms. The molecule has 1 saturated carbocycles. The molecule has 6 nitrogen and oxygen atoms in total. The van der Waals surface area contributed by atoms with Crippen LogP contribution in [0, 0.1) is 5.92 Å². The molecule has 1 aliphatic carbocycles. The second-order valence-corrected chi connectivity index (χ2v) is 5.11. The van der Waals surface area contributed by atoms with Gasteiger partial charge in [0, 0.05) is 12.1 Å². The Morgan fingerprint density at radius 2 is 1.94 bits per heavy atom. The number of carbonyl (C=O) groups excluding carboxylic acids is 1. The summed E-state index contributed by atoms with van der Waals surface area (Å²) in [6.07, 6.45) is 3.90. The summed E-state index contributed by atoms with van der Waals surface area (Å²) in [6.45, 7) is 0.456. The number of amides is 1. The van der Waals surface area contributed by atoms with Gasteiger partial charge in [-0.1, -0.05) is 12.8 Å². The van der Waals surface area contributed by atoms with Crippen LogP contribution in [0.25, 0.3) is 0 Å². The van der Waals surface area contributed by atoms with Gasteiger partial charge < -0.3 is 20.5 Å². The van der Waals surface area contributed by atoms with Gasteiger partial charge in [0.05, 0.1) is 19.1 Å². The van der Waals surface area contributed by atoms with Crippen LogP contribution in [-0.4, -0.2) is 53.7 Å². The Balaban J connectivity index is 2.06. The summed E-state index contributed by atoms with van der Waals surface area (Å²) in [5.41, 5.74) is 5.83. The quantitative estimate of drug-likeness (QED) is 0.727. The number of carbonyl (C=O) groups is 2. The molecule has 2 fully saturated rings. The smallest absolute Gasteiger partial charge is 0.323 e. The molecule has 102 valence electrons. The fourth-order valence-corrected chi connectivity index (χ4v) is 2.79. The van der Waals surface area contributed by atoms with E-state index in [1.807, 2.05) is 0 Å². The fraction of sp³-hybridized carbons (Fsp3) is 0.833. The fourth-order valence-electron chi connectivity index (χ4n) is 2.79. The molecule has 1 aliphatic heterocycles. The van der Waals surface area contributed by atoms with Crippen LogP contribution in [0.4, 0.5) is 0 Å². The minimum atomic E-state index is -0.970. The van der Waals surface area contributed by atoms with Gasteiger partial charge in [-0.3, -0.25) is 9.59 Å². The van der Waals surface area contributed by atoms with E-state index in [2.05, 4.69) is 0 Å². The minimum Gasteiger partial charge on any atom is -0.480 e. The molecule has 0 aromatic rings. The van der Waals surface area contributed by atoms with Gasteiger partial charge in [0.25, 0.3) is 0 Å². The summed E-state index contributed by atoms with van der Waals surface area (Å²) in [6, 6.07) is -0.253. The molecule has 2 aliphatic rings. The third-order valence-electron chi connectivity index (χ3n) is 3.80. The van der Waals surface area contributed by atoms with Gasteiger partial charge in [-0.15, -0.1) is 0 Å². The first-order valence-corrected chi connectivity index (χ1v) is 6.45. The molecule has 0 aromatic heterocycles. The molecular formula is C12H20N2O4. The van der Waals surface area contributed by atoms with E-state index in [0.717, 1.165) is 25.7 Å². The Morgan fingerprint density at radius 3 is 2.44 bits per heavy atom. The van der Waals surface area contributed by atoms with Crippen LogP contribution in [-0.2, 0) is 14.3 Å². The molecule has 1 saturated heterocycles. The van der Waals surface area contributed by atoms with Crippen molar-refractivity contribution in [1.82, 2.24) is 4.90 Å². The first-order chi connectivity index (χ1) is 8.59. The number of hydrogen-bond acceptors (Lipinski definition) is 4. The molecular weight excluding hydrogens is 236 g/mol. The number of nitrogens with two attached hydrogens (primary N) is 1. The number of rotatable bonds is 4. The number of nitrogens with zero attached hydrogens (tertiary/aromatic N) is 1. The van der Waals surface area contributed by atoms with E-state index < -0.39 is 5.97 Å². The Kier molecular flexibility index (Phi) is 4.19. The number of carboxylic acid groups (broad SMARTS) is 1. The predicted octanol–water partition coefficient (Wildman–Crippen LogP) is -0.184. The third-order valence-corrected chi connectivity index (χ3v) is 3.80. The lowest BCUT2D eigenvalue weighted by Crippen LogP contribution is -2.49. The van der Waals surface area contributed by atoms with Crippen molar-refractivity contribution in [2.24, 2.45) is 11.7 Å². The van der Waals surface area contributed by atoms with Crippen molar-refractivity contribution < 1.29 is 19.4 Å². The first kappa shape index (κ1) is 13.3. The normalized spacial score (nSPS) is 28.5. The molecule has 0 radical (unpaired) electrons. The number of ether oxygens (including phenoxy) is 1. The van der Waals surface area contributed by atoms with E-state index in [4.69, 9.17) is 15.6 Å². The molecule has 0 aromatic carbocycles. The van der Waals surface area contributed by atoms with Crippen molar-refractivity contribution in [3.05, 3.63) is 0 Å². The number of aliphatic carboxylic acids is 1. The molecule has 18 heavy (non-hydrogen) atoms. The van der Waals surface area contributed by atoms with Crippen molar-refractivity contribution >= 4 is 11.9 Å². The van der Waals surface area contributed by atoms with Crippen LogP contribution in [0.15, 0.2) is 0 Å². The molecule has 2 atom stereocenters. The second kappa shape index (κ2) is 5.67. The highest BCUT2D eigenvalue weighted by Crippen LogP contribution is 2.26. The molecule has 1 amide bonds. The molecule has 0 bridgehead atoms. The Hall–Kier alpha value is -1.14. The summed E-state index contributed by atoms with van der Waals surface area (Å²) in [7, 11) is 0. The maximum absolute atomic E-state index is 12.4. The third kappa shape index (κ3) is 2.81. The van der Waals surface area contributed by atoms with Gasteiger partial charge in [-0.2, -0.15) is 0 Å². The zero-order valence-electron chi connectivity index (χ0n) is 10.4. The lowest BCUT2D eigenvalue weighted by Gasteiger charge is -2.30. The molecule has 2 unspecified atom stereocenters. The van der Waals surface area contributed by atoms with Crippen LogP contribution in [0.1, 0.15) is 25.7 Å². The monoisotopic (exact) mass is 256 g/mol. The zero-order valence-corrected chi connectivity index (χ0v) is 10.4. The van der Waals surface area contributed by atoms with Crippen LogP contribution in [0.2, 0.25) is 0 Å². The summed E-state index contributed by atoms with van der Waals surface area (Å²) in [4.78, 5) is 24.8.